The second kappa shape index (κ2) is 6.49. The van der Waals surface area contributed by atoms with Crippen molar-refractivity contribution < 1.29 is 23.8 Å². The Balaban J connectivity index is 2.49. The van der Waals surface area contributed by atoms with Crippen molar-refractivity contribution in [2.45, 2.75) is 19.9 Å². The smallest absolute Gasteiger partial charge is 0.379 e. The number of carbonyl (C=O) groups is 2. The van der Waals surface area contributed by atoms with Gasteiger partial charge in [-0.1, -0.05) is 0 Å². The van der Waals surface area contributed by atoms with Crippen molar-refractivity contribution in [2.75, 3.05) is 13.2 Å². The topological polar surface area (TPSA) is 68.5 Å². The van der Waals surface area contributed by atoms with E-state index in [2.05, 4.69) is 0 Å². The molecule has 2 aromatic rings. The second-order valence-electron chi connectivity index (χ2n) is 4.52. The van der Waals surface area contributed by atoms with Crippen molar-refractivity contribution >= 4 is 22.7 Å². The summed E-state index contributed by atoms with van der Waals surface area (Å²) in [5.41, 5.74) is 0.749. The zero-order valence-electron chi connectivity index (χ0n) is 11.6. The Hall–Kier alpha value is -2.21. The van der Waals surface area contributed by atoms with E-state index in [1.807, 2.05) is 0 Å². The van der Waals surface area contributed by atoms with Crippen LogP contribution < -0.4 is 0 Å². The molecular formula is C15H16FNO4. The maximum absolute atomic E-state index is 13.4. The minimum absolute atomic E-state index is 0.00201. The van der Waals surface area contributed by atoms with Crippen molar-refractivity contribution in [2.24, 2.45) is 0 Å². The summed E-state index contributed by atoms with van der Waals surface area (Å²) in [5.74, 6) is -2.24. The van der Waals surface area contributed by atoms with Crippen LogP contribution in [0.4, 0.5) is 4.39 Å². The number of aryl methyl sites for hydroxylation is 1. The predicted octanol–water partition coefficient (Wildman–Crippen LogP) is 1.91. The molecule has 1 aromatic heterocycles. The number of aromatic nitrogens is 1. The number of hydrogen-bond acceptors (Lipinski definition) is 4. The number of benzene rings is 1. The summed E-state index contributed by atoms with van der Waals surface area (Å²) >= 11 is 0. The molecule has 1 heterocycles. The molecule has 1 aromatic carbocycles. The number of Topliss-reactive ketones (excluding diaryl/α,β-unsaturated/α-hetero) is 1. The van der Waals surface area contributed by atoms with E-state index >= 15 is 0 Å². The highest BCUT2D eigenvalue weighted by atomic mass is 19.1. The van der Waals surface area contributed by atoms with Crippen molar-refractivity contribution in [3.8, 4) is 0 Å². The Morgan fingerprint density at radius 1 is 1.38 bits per heavy atom. The number of hydrogen-bond donors (Lipinski definition) is 1. The minimum Gasteiger partial charge on any atom is -0.460 e. The quantitative estimate of drug-likeness (QED) is 0.502. The van der Waals surface area contributed by atoms with Crippen molar-refractivity contribution in [1.29, 1.82) is 0 Å². The Bertz CT molecular complexity index is 678. The summed E-state index contributed by atoms with van der Waals surface area (Å²) in [4.78, 5) is 23.7. The number of rotatable bonds is 6. The maximum Gasteiger partial charge on any atom is 0.379 e. The minimum atomic E-state index is -0.956. The van der Waals surface area contributed by atoms with E-state index in [4.69, 9.17) is 9.84 Å². The van der Waals surface area contributed by atoms with E-state index in [0.29, 0.717) is 23.9 Å². The van der Waals surface area contributed by atoms with E-state index in [1.54, 1.807) is 17.6 Å². The SMILES string of the molecule is CCOC(=O)C(=O)c1cn(CCCO)c2ccc(F)cc12. The van der Waals surface area contributed by atoms with E-state index in [1.165, 1.54) is 18.3 Å². The zero-order valence-corrected chi connectivity index (χ0v) is 11.6. The molecule has 5 nitrogen and oxygen atoms in total. The largest absolute Gasteiger partial charge is 0.460 e. The van der Waals surface area contributed by atoms with Gasteiger partial charge in [-0.25, -0.2) is 9.18 Å². The van der Waals surface area contributed by atoms with Crippen LogP contribution in [0.3, 0.4) is 0 Å². The summed E-state index contributed by atoms with van der Waals surface area (Å²) in [5, 5.41) is 9.27. The molecule has 112 valence electrons. The molecule has 0 radical (unpaired) electrons. The van der Waals surface area contributed by atoms with Crippen LogP contribution >= 0.6 is 0 Å². The third kappa shape index (κ3) is 3.11. The van der Waals surface area contributed by atoms with Crippen molar-refractivity contribution in [3.63, 3.8) is 0 Å². The predicted molar refractivity (Wildman–Crippen MR) is 74.6 cm³/mol. The Morgan fingerprint density at radius 2 is 2.14 bits per heavy atom. The normalized spacial score (nSPS) is 10.8. The van der Waals surface area contributed by atoms with Gasteiger partial charge in [-0.05, 0) is 31.5 Å². The highest BCUT2D eigenvalue weighted by Crippen LogP contribution is 2.23. The van der Waals surface area contributed by atoms with Gasteiger partial charge in [0.25, 0.3) is 5.78 Å². The number of halogens is 1. The van der Waals surface area contributed by atoms with Gasteiger partial charge in [0, 0.05) is 30.3 Å². The lowest BCUT2D eigenvalue weighted by Gasteiger charge is -2.02. The number of ether oxygens (including phenoxy) is 1. The first-order chi connectivity index (χ1) is 10.1. The van der Waals surface area contributed by atoms with Gasteiger partial charge in [0.1, 0.15) is 5.82 Å². The fraction of sp³-hybridized carbons (Fsp3) is 0.333. The summed E-state index contributed by atoms with van der Waals surface area (Å²) < 4.78 is 19.8. The van der Waals surface area contributed by atoms with Crippen LogP contribution in [0.15, 0.2) is 24.4 Å². The van der Waals surface area contributed by atoms with Crippen molar-refractivity contribution in [3.05, 3.63) is 35.8 Å². The lowest BCUT2D eigenvalue weighted by atomic mass is 10.1. The molecular weight excluding hydrogens is 277 g/mol. The molecule has 0 aliphatic rings. The highest BCUT2D eigenvalue weighted by molar-refractivity contribution is 6.43. The Labute approximate surface area is 120 Å². The van der Waals surface area contributed by atoms with E-state index in [0.717, 1.165) is 0 Å². The maximum atomic E-state index is 13.4. The molecule has 0 fully saturated rings. The van der Waals surface area contributed by atoms with Crippen LogP contribution in [0, 0.1) is 5.82 Å². The summed E-state index contributed by atoms with van der Waals surface area (Å²) in [7, 11) is 0. The third-order valence-electron chi connectivity index (χ3n) is 3.11. The van der Waals surface area contributed by atoms with Gasteiger partial charge in [0.05, 0.1) is 12.2 Å². The van der Waals surface area contributed by atoms with Gasteiger partial charge in [-0.2, -0.15) is 0 Å². The fourth-order valence-electron chi connectivity index (χ4n) is 2.18. The van der Waals surface area contributed by atoms with E-state index in [-0.39, 0.29) is 18.8 Å². The van der Waals surface area contributed by atoms with Gasteiger partial charge in [0.15, 0.2) is 0 Å². The first kappa shape index (κ1) is 15.2. The molecule has 1 N–H and O–H groups in total. The van der Waals surface area contributed by atoms with Gasteiger partial charge in [-0.3, -0.25) is 4.79 Å². The molecule has 0 aliphatic heterocycles. The molecule has 0 atom stereocenters. The van der Waals surface area contributed by atoms with Gasteiger partial charge >= 0.3 is 5.97 Å². The first-order valence-corrected chi connectivity index (χ1v) is 6.69. The number of aliphatic hydroxyl groups excluding tert-OH is 1. The van der Waals surface area contributed by atoms with Crippen LogP contribution in [0.5, 0.6) is 0 Å². The molecule has 0 saturated heterocycles. The average Bonchev–Trinajstić information content (AvgIpc) is 2.82. The van der Waals surface area contributed by atoms with Gasteiger partial charge in [0.2, 0.25) is 0 Å². The highest BCUT2D eigenvalue weighted by Gasteiger charge is 2.22. The van der Waals surface area contributed by atoms with Crippen molar-refractivity contribution in [1.82, 2.24) is 4.57 Å². The van der Waals surface area contributed by atoms with Crippen LogP contribution in [0.1, 0.15) is 23.7 Å². The molecule has 0 amide bonds. The summed E-state index contributed by atoms with van der Waals surface area (Å²) in [6.07, 6.45) is 1.99. The molecule has 6 heteroatoms. The Kier molecular flexibility index (Phi) is 4.70. The van der Waals surface area contributed by atoms with E-state index < -0.39 is 17.6 Å². The van der Waals surface area contributed by atoms with Crippen LogP contribution in [0.2, 0.25) is 0 Å². The molecule has 21 heavy (non-hydrogen) atoms. The number of ketones is 1. The van der Waals surface area contributed by atoms with E-state index in [9.17, 15) is 14.0 Å². The number of carbonyl (C=O) groups excluding carboxylic acids is 2. The standard InChI is InChI=1S/C15H16FNO4/c1-2-21-15(20)14(19)12-9-17(6-3-7-18)13-5-4-10(16)8-11(12)13/h4-5,8-9,18H,2-3,6-7H2,1H3. The number of esters is 1. The third-order valence-corrected chi connectivity index (χ3v) is 3.11. The van der Waals surface area contributed by atoms with Crippen LogP contribution in [-0.4, -0.2) is 34.6 Å². The first-order valence-electron chi connectivity index (χ1n) is 6.69. The number of nitrogens with zero attached hydrogens (tertiary/aromatic N) is 1. The average molecular weight is 293 g/mol. The molecule has 0 saturated carbocycles. The molecule has 0 unspecified atom stereocenters. The van der Waals surface area contributed by atoms with Crippen LogP contribution in [-0.2, 0) is 16.1 Å². The lowest BCUT2D eigenvalue weighted by Crippen LogP contribution is -2.17. The molecule has 0 spiro atoms. The van der Waals surface area contributed by atoms with Gasteiger partial charge in [-0.15, -0.1) is 0 Å². The summed E-state index contributed by atoms with van der Waals surface area (Å²) in [6.45, 7) is 2.17. The Morgan fingerprint density at radius 3 is 2.81 bits per heavy atom. The van der Waals surface area contributed by atoms with Crippen LogP contribution in [0.25, 0.3) is 10.9 Å². The zero-order chi connectivity index (χ0) is 15.4. The van der Waals surface area contributed by atoms with Gasteiger partial charge < -0.3 is 14.4 Å². The lowest BCUT2D eigenvalue weighted by molar-refractivity contribution is -0.137. The molecule has 0 bridgehead atoms. The number of aliphatic hydroxyl groups is 1. The number of fused-ring (bicyclic) bond motifs is 1. The fourth-order valence-corrected chi connectivity index (χ4v) is 2.18. The second-order valence-corrected chi connectivity index (χ2v) is 4.52. The molecule has 0 aliphatic carbocycles. The monoisotopic (exact) mass is 293 g/mol. The summed E-state index contributed by atoms with van der Waals surface area (Å²) in [6, 6.07) is 4.05. The molecule has 2 rings (SSSR count).